The Hall–Kier alpha value is -0.470. The molecule has 1 fully saturated rings. The molecule has 1 aromatic rings. The second kappa shape index (κ2) is 9.53. The van der Waals surface area contributed by atoms with E-state index in [-0.39, 0.29) is 0 Å². The van der Waals surface area contributed by atoms with Crippen LogP contribution >= 0.6 is 11.8 Å². The monoisotopic (exact) mass is 305 g/mol. The van der Waals surface area contributed by atoms with Gasteiger partial charge in [0, 0.05) is 6.04 Å². The third-order valence-electron chi connectivity index (χ3n) is 4.75. The third-order valence-corrected chi connectivity index (χ3v) is 5.68. The molecule has 21 heavy (non-hydrogen) atoms. The van der Waals surface area contributed by atoms with Crippen molar-refractivity contribution in [2.24, 2.45) is 5.92 Å². The zero-order valence-corrected chi connectivity index (χ0v) is 14.5. The largest absolute Gasteiger partial charge is 0.314 e. The van der Waals surface area contributed by atoms with Gasteiger partial charge in [-0.1, -0.05) is 44.2 Å². The Balaban J connectivity index is 1.94. The molecule has 0 aromatic heterocycles. The summed E-state index contributed by atoms with van der Waals surface area (Å²) in [6, 6.07) is 11.9. The maximum atomic E-state index is 3.81. The molecular weight excluding hydrogens is 274 g/mol. The first-order chi connectivity index (χ1) is 10.3. The van der Waals surface area contributed by atoms with Crippen molar-refractivity contribution in [1.82, 2.24) is 5.32 Å². The third kappa shape index (κ3) is 5.34. The zero-order chi connectivity index (χ0) is 14.9. The van der Waals surface area contributed by atoms with Crippen LogP contribution in [0.25, 0.3) is 0 Å². The summed E-state index contributed by atoms with van der Waals surface area (Å²) in [4.78, 5) is 0. The van der Waals surface area contributed by atoms with Gasteiger partial charge in [0.15, 0.2) is 0 Å². The van der Waals surface area contributed by atoms with E-state index >= 15 is 0 Å². The molecule has 0 spiro atoms. The molecule has 2 heteroatoms. The van der Waals surface area contributed by atoms with Crippen LogP contribution in [0.3, 0.4) is 0 Å². The number of hydrogen-bond donors (Lipinski definition) is 1. The lowest BCUT2D eigenvalue weighted by Crippen LogP contribution is -2.40. The number of hydrogen-bond acceptors (Lipinski definition) is 2. The van der Waals surface area contributed by atoms with Crippen LogP contribution in [-0.4, -0.2) is 24.1 Å². The van der Waals surface area contributed by atoms with Crippen molar-refractivity contribution in [3.8, 4) is 0 Å². The zero-order valence-electron chi connectivity index (χ0n) is 13.7. The Morgan fingerprint density at radius 1 is 1.14 bits per heavy atom. The van der Waals surface area contributed by atoms with Gasteiger partial charge in [0.25, 0.3) is 0 Å². The van der Waals surface area contributed by atoms with Crippen molar-refractivity contribution in [3.05, 3.63) is 35.9 Å². The van der Waals surface area contributed by atoms with Gasteiger partial charge in [0.1, 0.15) is 0 Å². The van der Waals surface area contributed by atoms with Crippen LogP contribution in [0, 0.1) is 5.92 Å². The summed E-state index contributed by atoms with van der Waals surface area (Å²) in [5.74, 6) is 4.21. The van der Waals surface area contributed by atoms with E-state index < -0.39 is 0 Å². The molecule has 3 atom stereocenters. The van der Waals surface area contributed by atoms with E-state index in [0.29, 0.717) is 0 Å². The van der Waals surface area contributed by atoms with Crippen molar-refractivity contribution in [2.75, 3.05) is 18.1 Å². The standard InChI is InChI=1S/C19H31NS/c1-3-13-20-19-11-10-17(16-8-6-5-7-9-16)15-18(19)12-14-21-4-2/h5-9,17-20H,3-4,10-15H2,1-2H3. The number of benzene rings is 1. The van der Waals surface area contributed by atoms with Crippen molar-refractivity contribution in [1.29, 1.82) is 0 Å². The highest BCUT2D eigenvalue weighted by Crippen LogP contribution is 2.38. The molecule has 118 valence electrons. The summed E-state index contributed by atoms with van der Waals surface area (Å²) in [7, 11) is 0. The van der Waals surface area contributed by atoms with Gasteiger partial charge in [-0.2, -0.15) is 11.8 Å². The molecule has 1 aliphatic carbocycles. The number of thioether (sulfide) groups is 1. The normalized spacial score (nSPS) is 25.9. The molecule has 0 heterocycles. The molecule has 1 nitrogen and oxygen atoms in total. The van der Waals surface area contributed by atoms with Crippen LogP contribution in [0.2, 0.25) is 0 Å². The number of nitrogens with one attached hydrogen (secondary N) is 1. The van der Waals surface area contributed by atoms with Crippen LogP contribution in [0.5, 0.6) is 0 Å². The quantitative estimate of drug-likeness (QED) is 0.672. The Kier molecular flexibility index (Phi) is 7.66. The molecule has 1 aromatic carbocycles. The van der Waals surface area contributed by atoms with E-state index in [9.17, 15) is 0 Å². The van der Waals surface area contributed by atoms with E-state index in [2.05, 4.69) is 61.3 Å². The van der Waals surface area contributed by atoms with E-state index in [4.69, 9.17) is 0 Å². The summed E-state index contributed by atoms with van der Waals surface area (Å²) in [6.45, 7) is 5.72. The average Bonchev–Trinajstić information content (AvgIpc) is 2.54. The van der Waals surface area contributed by atoms with Gasteiger partial charge in [-0.15, -0.1) is 0 Å². The second-order valence-electron chi connectivity index (χ2n) is 6.23. The van der Waals surface area contributed by atoms with Gasteiger partial charge in [0.05, 0.1) is 0 Å². The minimum absolute atomic E-state index is 0.752. The van der Waals surface area contributed by atoms with E-state index in [1.807, 2.05) is 0 Å². The molecule has 3 unspecified atom stereocenters. The van der Waals surface area contributed by atoms with Crippen molar-refractivity contribution >= 4 is 11.8 Å². The fourth-order valence-corrected chi connectivity index (χ4v) is 4.35. The van der Waals surface area contributed by atoms with Crippen LogP contribution in [0.15, 0.2) is 30.3 Å². The lowest BCUT2D eigenvalue weighted by molar-refractivity contribution is 0.235. The molecule has 0 radical (unpaired) electrons. The predicted molar refractivity (Wildman–Crippen MR) is 96.2 cm³/mol. The lowest BCUT2D eigenvalue weighted by Gasteiger charge is -2.37. The van der Waals surface area contributed by atoms with Gasteiger partial charge in [-0.05, 0) is 67.6 Å². The summed E-state index contributed by atoms with van der Waals surface area (Å²) in [5.41, 5.74) is 1.56. The summed E-state index contributed by atoms with van der Waals surface area (Å²) < 4.78 is 0. The molecule has 1 aliphatic rings. The first-order valence-electron chi connectivity index (χ1n) is 8.71. The topological polar surface area (TPSA) is 12.0 Å². The van der Waals surface area contributed by atoms with Crippen molar-refractivity contribution < 1.29 is 0 Å². The molecule has 1 N–H and O–H groups in total. The summed E-state index contributed by atoms with van der Waals surface area (Å²) in [6.07, 6.45) is 6.69. The minimum Gasteiger partial charge on any atom is -0.314 e. The fraction of sp³-hybridized carbons (Fsp3) is 0.684. The maximum absolute atomic E-state index is 3.81. The Morgan fingerprint density at radius 3 is 2.67 bits per heavy atom. The second-order valence-corrected chi connectivity index (χ2v) is 7.62. The summed E-state index contributed by atoms with van der Waals surface area (Å²) >= 11 is 2.10. The van der Waals surface area contributed by atoms with Crippen molar-refractivity contribution in [3.63, 3.8) is 0 Å². The van der Waals surface area contributed by atoms with Crippen LogP contribution in [-0.2, 0) is 0 Å². The van der Waals surface area contributed by atoms with E-state index in [0.717, 1.165) is 17.9 Å². The average molecular weight is 306 g/mol. The van der Waals surface area contributed by atoms with Gasteiger partial charge in [0.2, 0.25) is 0 Å². The van der Waals surface area contributed by atoms with Crippen molar-refractivity contribution in [2.45, 2.75) is 57.9 Å². The van der Waals surface area contributed by atoms with Gasteiger partial charge in [-0.25, -0.2) is 0 Å². The van der Waals surface area contributed by atoms with Crippen LogP contribution in [0.4, 0.5) is 0 Å². The van der Waals surface area contributed by atoms with Gasteiger partial charge < -0.3 is 5.32 Å². The van der Waals surface area contributed by atoms with E-state index in [1.165, 1.54) is 50.2 Å². The molecule has 0 saturated heterocycles. The maximum Gasteiger partial charge on any atom is 0.00960 e. The minimum atomic E-state index is 0.752. The van der Waals surface area contributed by atoms with Crippen LogP contribution in [0.1, 0.15) is 57.4 Å². The van der Waals surface area contributed by atoms with Crippen LogP contribution < -0.4 is 5.32 Å². The predicted octanol–water partition coefficient (Wildman–Crippen LogP) is 5.08. The van der Waals surface area contributed by atoms with E-state index in [1.54, 1.807) is 5.56 Å². The Labute approximate surface area is 135 Å². The van der Waals surface area contributed by atoms with Gasteiger partial charge >= 0.3 is 0 Å². The summed E-state index contributed by atoms with van der Waals surface area (Å²) in [5, 5.41) is 3.81. The molecule has 2 rings (SSSR count). The number of rotatable bonds is 8. The highest BCUT2D eigenvalue weighted by atomic mass is 32.2. The highest BCUT2D eigenvalue weighted by molar-refractivity contribution is 7.99. The highest BCUT2D eigenvalue weighted by Gasteiger charge is 2.30. The SMILES string of the molecule is CCCNC1CCC(c2ccccc2)CC1CCSCC. The Morgan fingerprint density at radius 2 is 1.95 bits per heavy atom. The molecule has 0 bridgehead atoms. The molecular formula is C19H31NS. The van der Waals surface area contributed by atoms with Gasteiger partial charge in [-0.3, -0.25) is 0 Å². The Bertz CT molecular complexity index is 378. The molecule has 0 amide bonds. The molecule has 1 saturated carbocycles. The first-order valence-corrected chi connectivity index (χ1v) is 9.86. The lowest BCUT2D eigenvalue weighted by atomic mass is 9.74. The fourth-order valence-electron chi connectivity index (χ4n) is 3.59. The first kappa shape index (κ1) is 16.9. The smallest absolute Gasteiger partial charge is 0.00960 e. The molecule has 0 aliphatic heterocycles.